The summed E-state index contributed by atoms with van der Waals surface area (Å²) in [5, 5.41) is 0. The zero-order valence-electron chi connectivity index (χ0n) is 14.1. The molecule has 0 saturated heterocycles. The first-order chi connectivity index (χ1) is 11.2. The van der Waals surface area contributed by atoms with E-state index in [0.29, 0.717) is 0 Å². The van der Waals surface area contributed by atoms with Crippen molar-refractivity contribution in [2.75, 3.05) is 6.54 Å². The number of nitrogens with zero attached hydrogens (tertiary/aromatic N) is 1. The van der Waals surface area contributed by atoms with Gasteiger partial charge < -0.3 is 10.6 Å². The third-order valence-corrected chi connectivity index (χ3v) is 4.13. The summed E-state index contributed by atoms with van der Waals surface area (Å²) in [4.78, 5) is 2.34. The molecule has 2 rings (SSSR count). The number of rotatable bonds is 9. The highest BCUT2D eigenvalue weighted by Crippen LogP contribution is 2.16. The van der Waals surface area contributed by atoms with Crippen molar-refractivity contribution in [2.45, 2.75) is 38.8 Å². The lowest BCUT2D eigenvalue weighted by Gasteiger charge is -2.30. The van der Waals surface area contributed by atoms with Gasteiger partial charge in [-0.25, -0.2) is 0 Å². The van der Waals surface area contributed by atoms with Gasteiger partial charge in [0.25, 0.3) is 0 Å². The molecule has 0 spiro atoms. The lowest BCUT2D eigenvalue weighted by molar-refractivity contribution is 0.309. The van der Waals surface area contributed by atoms with Gasteiger partial charge in [-0.05, 0) is 24.0 Å². The van der Waals surface area contributed by atoms with Gasteiger partial charge in [0.05, 0.1) is 0 Å². The fourth-order valence-electron chi connectivity index (χ4n) is 2.70. The number of hydrogen-bond donors (Lipinski definition) is 1. The predicted octanol–water partition coefficient (Wildman–Crippen LogP) is 4.37. The molecule has 0 aliphatic rings. The molecule has 1 unspecified atom stereocenters. The predicted molar refractivity (Wildman–Crippen MR) is 99.0 cm³/mol. The molecule has 0 radical (unpaired) electrons. The van der Waals surface area contributed by atoms with E-state index in [2.05, 4.69) is 73.0 Å². The van der Waals surface area contributed by atoms with Crippen molar-refractivity contribution in [3.05, 3.63) is 84.1 Å². The molecule has 0 aromatic heterocycles. The molecule has 2 nitrogen and oxygen atoms in total. The van der Waals surface area contributed by atoms with Gasteiger partial charge in [0.2, 0.25) is 0 Å². The second kappa shape index (κ2) is 9.16. The highest BCUT2D eigenvalue weighted by Gasteiger charge is 2.15. The summed E-state index contributed by atoms with van der Waals surface area (Å²) in [6.45, 7) is 8.40. The average molecular weight is 308 g/mol. The van der Waals surface area contributed by atoms with E-state index in [1.54, 1.807) is 0 Å². The van der Waals surface area contributed by atoms with Crippen LogP contribution in [0.25, 0.3) is 0 Å². The van der Waals surface area contributed by atoms with Crippen molar-refractivity contribution in [1.82, 2.24) is 4.90 Å². The van der Waals surface area contributed by atoms with Crippen molar-refractivity contribution in [3.8, 4) is 0 Å². The third-order valence-electron chi connectivity index (χ3n) is 4.13. The molecule has 2 heteroatoms. The number of benzene rings is 2. The SMILES string of the molecule is C=C(C(N)Cc1ccccc1)N(CCCC)Cc1ccccc1. The minimum absolute atomic E-state index is 0.0435. The van der Waals surface area contributed by atoms with Gasteiger partial charge >= 0.3 is 0 Å². The lowest BCUT2D eigenvalue weighted by Crippen LogP contribution is -2.36. The smallest absolute Gasteiger partial charge is 0.0481 e. The number of nitrogens with two attached hydrogens (primary N) is 1. The van der Waals surface area contributed by atoms with E-state index in [1.807, 2.05) is 6.07 Å². The second-order valence-corrected chi connectivity index (χ2v) is 6.05. The van der Waals surface area contributed by atoms with E-state index in [4.69, 9.17) is 5.73 Å². The van der Waals surface area contributed by atoms with E-state index in [9.17, 15) is 0 Å². The first-order valence-corrected chi connectivity index (χ1v) is 8.48. The van der Waals surface area contributed by atoms with E-state index < -0.39 is 0 Å². The molecular formula is C21H28N2. The van der Waals surface area contributed by atoms with Crippen LogP contribution in [-0.4, -0.2) is 17.5 Å². The fourth-order valence-corrected chi connectivity index (χ4v) is 2.70. The monoisotopic (exact) mass is 308 g/mol. The molecule has 122 valence electrons. The summed E-state index contributed by atoms with van der Waals surface area (Å²) in [6, 6.07) is 20.9. The highest BCUT2D eigenvalue weighted by molar-refractivity contribution is 5.20. The normalized spacial score (nSPS) is 11.9. The molecule has 0 heterocycles. The van der Waals surface area contributed by atoms with Crippen molar-refractivity contribution in [1.29, 1.82) is 0 Å². The Kier molecular flexibility index (Phi) is 6.89. The Morgan fingerprint density at radius 3 is 2.13 bits per heavy atom. The topological polar surface area (TPSA) is 29.3 Å². The Labute approximate surface area is 140 Å². The molecule has 1 atom stereocenters. The van der Waals surface area contributed by atoms with Gasteiger partial charge in [0.1, 0.15) is 0 Å². The van der Waals surface area contributed by atoms with Crippen LogP contribution in [0.4, 0.5) is 0 Å². The van der Waals surface area contributed by atoms with Crippen LogP contribution in [0.1, 0.15) is 30.9 Å². The van der Waals surface area contributed by atoms with E-state index in [-0.39, 0.29) is 6.04 Å². The molecule has 2 N–H and O–H groups in total. The Morgan fingerprint density at radius 1 is 1.00 bits per heavy atom. The lowest BCUT2D eigenvalue weighted by atomic mass is 10.0. The van der Waals surface area contributed by atoms with Crippen LogP contribution in [0.2, 0.25) is 0 Å². The van der Waals surface area contributed by atoms with Crippen molar-refractivity contribution < 1.29 is 0 Å². The first kappa shape index (κ1) is 17.3. The minimum Gasteiger partial charge on any atom is -0.370 e. The molecule has 0 saturated carbocycles. The van der Waals surface area contributed by atoms with Gasteiger partial charge in [0, 0.05) is 24.8 Å². The van der Waals surface area contributed by atoms with Gasteiger partial charge in [-0.15, -0.1) is 0 Å². The van der Waals surface area contributed by atoms with Gasteiger partial charge in [0.15, 0.2) is 0 Å². The van der Waals surface area contributed by atoms with Crippen LogP contribution in [-0.2, 0) is 13.0 Å². The summed E-state index contributed by atoms with van der Waals surface area (Å²) in [7, 11) is 0. The average Bonchev–Trinajstić information content (AvgIpc) is 2.59. The van der Waals surface area contributed by atoms with Gasteiger partial charge in [-0.3, -0.25) is 0 Å². The van der Waals surface area contributed by atoms with E-state index in [0.717, 1.165) is 31.6 Å². The Hall–Kier alpha value is -2.06. The zero-order chi connectivity index (χ0) is 16.5. The van der Waals surface area contributed by atoms with Crippen LogP contribution in [0.3, 0.4) is 0 Å². The van der Waals surface area contributed by atoms with Crippen LogP contribution in [0, 0.1) is 0 Å². The maximum Gasteiger partial charge on any atom is 0.0481 e. The maximum atomic E-state index is 6.43. The molecule has 0 amide bonds. The molecule has 0 aliphatic carbocycles. The molecule has 2 aromatic carbocycles. The Bertz CT molecular complexity index is 577. The number of hydrogen-bond acceptors (Lipinski definition) is 2. The standard InChI is InChI=1S/C21H28N2/c1-3-4-15-23(17-20-13-9-6-10-14-20)18(2)21(22)16-19-11-7-5-8-12-19/h5-14,21H,2-4,15-17,22H2,1H3. The number of unbranched alkanes of at least 4 members (excludes halogenated alkanes) is 1. The molecule has 0 bridgehead atoms. The first-order valence-electron chi connectivity index (χ1n) is 8.48. The summed E-state index contributed by atoms with van der Waals surface area (Å²) in [6.07, 6.45) is 3.16. The summed E-state index contributed by atoms with van der Waals surface area (Å²) >= 11 is 0. The third kappa shape index (κ3) is 5.57. The quantitative estimate of drug-likeness (QED) is 0.745. The summed E-state index contributed by atoms with van der Waals surface area (Å²) in [5.41, 5.74) is 10.0. The molecule has 23 heavy (non-hydrogen) atoms. The summed E-state index contributed by atoms with van der Waals surface area (Å²) < 4.78 is 0. The zero-order valence-corrected chi connectivity index (χ0v) is 14.1. The van der Waals surface area contributed by atoms with Crippen LogP contribution in [0.15, 0.2) is 72.9 Å². The van der Waals surface area contributed by atoms with Crippen molar-refractivity contribution in [3.63, 3.8) is 0 Å². The Balaban J connectivity index is 2.03. The highest BCUT2D eigenvalue weighted by atomic mass is 15.1. The molecule has 0 fully saturated rings. The fraction of sp³-hybridized carbons (Fsp3) is 0.333. The molecule has 0 aliphatic heterocycles. The van der Waals surface area contributed by atoms with E-state index >= 15 is 0 Å². The molecular weight excluding hydrogens is 280 g/mol. The second-order valence-electron chi connectivity index (χ2n) is 6.05. The molecule has 2 aromatic rings. The van der Waals surface area contributed by atoms with Crippen molar-refractivity contribution >= 4 is 0 Å². The van der Waals surface area contributed by atoms with Crippen LogP contribution < -0.4 is 5.73 Å². The maximum absolute atomic E-state index is 6.43. The van der Waals surface area contributed by atoms with E-state index in [1.165, 1.54) is 17.5 Å². The Morgan fingerprint density at radius 2 is 1.57 bits per heavy atom. The van der Waals surface area contributed by atoms with Crippen LogP contribution in [0.5, 0.6) is 0 Å². The summed E-state index contributed by atoms with van der Waals surface area (Å²) in [5.74, 6) is 0. The van der Waals surface area contributed by atoms with Gasteiger partial charge in [-0.1, -0.05) is 80.6 Å². The van der Waals surface area contributed by atoms with Crippen molar-refractivity contribution in [2.24, 2.45) is 5.73 Å². The minimum atomic E-state index is -0.0435. The van der Waals surface area contributed by atoms with Crippen LogP contribution >= 0.6 is 0 Å². The van der Waals surface area contributed by atoms with Gasteiger partial charge in [-0.2, -0.15) is 0 Å². The largest absolute Gasteiger partial charge is 0.370 e.